The summed E-state index contributed by atoms with van der Waals surface area (Å²) >= 11 is 0. The molecule has 6 heteroatoms. The third-order valence-corrected chi connectivity index (χ3v) is 0.712. The van der Waals surface area contributed by atoms with Crippen LogP contribution in [0.3, 0.4) is 0 Å². The summed E-state index contributed by atoms with van der Waals surface area (Å²) in [5, 5.41) is 16.0. The molecule has 0 rings (SSSR count). The molecule has 0 aliphatic heterocycles. The topological polar surface area (TPSA) is 101 Å². The molecule has 0 bridgehead atoms. The van der Waals surface area contributed by atoms with Crippen LogP contribution in [0, 0.1) is 0 Å². The van der Waals surface area contributed by atoms with Crippen molar-refractivity contribution in [1.82, 2.24) is 0 Å². The van der Waals surface area contributed by atoms with E-state index in [4.69, 9.17) is 15.9 Å². The molecule has 0 amide bonds. The third kappa shape index (κ3) is 5.58. The van der Waals surface area contributed by atoms with Crippen molar-refractivity contribution in [3.8, 4) is 0 Å². The van der Waals surface area contributed by atoms with Crippen molar-refractivity contribution in [2.75, 3.05) is 0 Å². The SMILES string of the molecule is N[C@@H](CC(=O)O)C(=O)O.[Ge]. The molecule has 0 aromatic rings. The number of nitrogens with two attached hydrogens (primary N) is 1. The Balaban J connectivity index is 0. The van der Waals surface area contributed by atoms with Crippen LogP contribution in [0.4, 0.5) is 0 Å². The van der Waals surface area contributed by atoms with Crippen LogP contribution in [0.2, 0.25) is 0 Å². The Morgan fingerprint density at radius 2 is 1.80 bits per heavy atom. The molecule has 0 saturated heterocycles. The summed E-state index contributed by atoms with van der Waals surface area (Å²) < 4.78 is 0. The van der Waals surface area contributed by atoms with Crippen LogP contribution in [0.25, 0.3) is 0 Å². The molecule has 56 valence electrons. The van der Waals surface area contributed by atoms with Gasteiger partial charge in [0.1, 0.15) is 6.04 Å². The van der Waals surface area contributed by atoms with Gasteiger partial charge in [-0.3, -0.25) is 9.59 Å². The number of aliphatic carboxylic acids is 2. The smallest absolute Gasteiger partial charge is 0.321 e. The van der Waals surface area contributed by atoms with Gasteiger partial charge in [-0.1, -0.05) is 0 Å². The zero-order valence-electron chi connectivity index (χ0n) is 5.07. The average molecular weight is 206 g/mol. The standard InChI is InChI=1S/C4H7NO4.Ge/c5-2(4(8)9)1-3(6)7;/h2H,1,5H2,(H,6,7)(H,8,9);/t2-;/m0./s1. The Labute approximate surface area is 68.2 Å². The molecule has 5 nitrogen and oxygen atoms in total. The van der Waals surface area contributed by atoms with Crippen molar-refractivity contribution >= 4 is 29.5 Å². The molecule has 0 spiro atoms. The molecule has 0 heterocycles. The Morgan fingerprint density at radius 3 is 1.90 bits per heavy atom. The van der Waals surface area contributed by atoms with E-state index >= 15 is 0 Å². The molecule has 0 aliphatic carbocycles. The second-order valence-electron chi connectivity index (χ2n) is 1.54. The molecule has 0 fully saturated rings. The van der Waals surface area contributed by atoms with Gasteiger partial charge in [-0.2, -0.15) is 0 Å². The van der Waals surface area contributed by atoms with Gasteiger partial charge in [0.2, 0.25) is 0 Å². The van der Waals surface area contributed by atoms with Gasteiger partial charge < -0.3 is 15.9 Å². The summed E-state index contributed by atoms with van der Waals surface area (Å²) in [7, 11) is 0. The molecule has 1 atom stereocenters. The summed E-state index contributed by atoms with van der Waals surface area (Å²) in [5.74, 6) is -2.50. The monoisotopic (exact) mass is 207 g/mol. The summed E-state index contributed by atoms with van der Waals surface area (Å²) in [4.78, 5) is 19.6. The normalized spacial score (nSPS) is 11.3. The average Bonchev–Trinajstić information content (AvgIpc) is 1.63. The van der Waals surface area contributed by atoms with Gasteiger partial charge in [-0.25, -0.2) is 0 Å². The van der Waals surface area contributed by atoms with Gasteiger partial charge in [0, 0.05) is 17.6 Å². The predicted molar refractivity (Wildman–Crippen MR) is 33.6 cm³/mol. The van der Waals surface area contributed by atoms with Crippen LogP contribution in [0.5, 0.6) is 0 Å². The zero-order chi connectivity index (χ0) is 7.44. The number of hydrogen-bond donors (Lipinski definition) is 3. The van der Waals surface area contributed by atoms with Crippen LogP contribution in [0.1, 0.15) is 6.42 Å². The second-order valence-corrected chi connectivity index (χ2v) is 1.54. The first kappa shape index (κ1) is 12.2. The van der Waals surface area contributed by atoms with Crippen molar-refractivity contribution in [1.29, 1.82) is 0 Å². The van der Waals surface area contributed by atoms with Crippen LogP contribution in [-0.4, -0.2) is 45.8 Å². The number of carboxylic acids is 2. The molecule has 0 aliphatic rings. The van der Waals surface area contributed by atoms with Crippen molar-refractivity contribution in [2.24, 2.45) is 5.73 Å². The van der Waals surface area contributed by atoms with E-state index in [0.717, 1.165) is 0 Å². The summed E-state index contributed by atoms with van der Waals surface area (Å²) in [6.45, 7) is 0. The minimum atomic E-state index is -1.29. The van der Waals surface area contributed by atoms with E-state index in [0.29, 0.717) is 0 Å². The quantitative estimate of drug-likeness (QED) is 0.487. The first-order chi connectivity index (χ1) is 4.04. The van der Waals surface area contributed by atoms with Gasteiger partial charge in [0.25, 0.3) is 0 Å². The number of carbonyl (C=O) groups is 2. The first-order valence-electron chi connectivity index (χ1n) is 2.24. The van der Waals surface area contributed by atoms with E-state index in [2.05, 4.69) is 0 Å². The number of hydrogen-bond acceptors (Lipinski definition) is 3. The van der Waals surface area contributed by atoms with Crippen LogP contribution >= 0.6 is 0 Å². The van der Waals surface area contributed by atoms with Gasteiger partial charge in [0.15, 0.2) is 0 Å². The number of carboxylic acid groups (broad SMARTS) is 2. The molecule has 10 heavy (non-hydrogen) atoms. The molecule has 0 saturated carbocycles. The molecule has 4 N–H and O–H groups in total. The van der Waals surface area contributed by atoms with Crippen LogP contribution in [-0.2, 0) is 9.59 Å². The summed E-state index contributed by atoms with van der Waals surface area (Å²) in [6.07, 6.45) is -0.532. The molecule has 4 radical (unpaired) electrons. The molecule has 0 aromatic heterocycles. The molecule has 0 unspecified atom stereocenters. The summed E-state index contributed by atoms with van der Waals surface area (Å²) in [5.41, 5.74) is 4.84. The minimum Gasteiger partial charge on any atom is -0.481 e. The Bertz CT molecular complexity index is 137. The zero-order valence-corrected chi connectivity index (χ0v) is 7.17. The van der Waals surface area contributed by atoms with Crippen LogP contribution < -0.4 is 5.73 Å². The maximum Gasteiger partial charge on any atom is 0.321 e. The maximum absolute atomic E-state index is 9.85. The first-order valence-corrected chi connectivity index (χ1v) is 2.24. The van der Waals surface area contributed by atoms with E-state index in [1.807, 2.05) is 0 Å². The van der Waals surface area contributed by atoms with Gasteiger partial charge in [-0.05, 0) is 0 Å². The fraction of sp³-hybridized carbons (Fsp3) is 0.500. The Hall–Kier alpha value is -0.557. The third-order valence-electron chi connectivity index (χ3n) is 0.712. The van der Waals surface area contributed by atoms with Crippen LogP contribution in [0.15, 0.2) is 0 Å². The number of rotatable bonds is 3. The van der Waals surface area contributed by atoms with E-state index in [-0.39, 0.29) is 17.6 Å². The fourth-order valence-electron chi connectivity index (χ4n) is 0.275. The van der Waals surface area contributed by atoms with Gasteiger partial charge >= 0.3 is 11.9 Å². The van der Waals surface area contributed by atoms with Crippen molar-refractivity contribution in [3.05, 3.63) is 0 Å². The van der Waals surface area contributed by atoms with E-state index in [9.17, 15) is 9.59 Å². The Kier molecular flexibility index (Phi) is 6.37. The van der Waals surface area contributed by atoms with Gasteiger partial charge in [-0.15, -0.1) is 0 Å². The van der Waals surface area contributed by atoms with E-state index in [1.165, 1.54) is 0 Å². The molecular weight excluding hydrogens is 199 g/mol. The largest absolute Gasteiger partial charge is 0.481 e. The fourth-order valence-corrected chi connectivity index (χ4v) is 0.275. The van der Waals surface area contributed by atoms with Crippen molar-refractivity contribution in [3.63, 3.8) is 0 Å². The Morgan fingerprint density at radius 1 is 1.40 bits per heavy atom. The molecular formula is C4H7GeNO4. The molecule has 0 aromatic carbocycles. The predicted octanol–water partition coefficient (Wildman–Crippen LogP) is -1.51. The second kappa shape index (κ2) is 5.25. The van der Waals surface area contributed by atoms with Crippen molar-refractivity contribution in [2.45, 2.75) is 12.5 Å². The summed E-state index contributed by atoms with van der Waals surface area (Å²) in [6, 6.07) is -1.29. The van der Waals surface area contributed by atoms with Crippen molar-refractivity contribution < 1.29 is 19.8 Å². The minimum absolute atomic E-state index is 0. The van der Waals surface area contributed by atoms with Gasteiger partial charge in [0.05, 0.1) is 6.42 Å². The van der Waals surface area contributed by atoms with E-state index < -0.39 is 24.4 Å². The van der Waals surface area contributed by atoms with E-state index in [1.54, 1.807) is 0 Å². The maximum atomic E-state index is 9.85.